The minimum atomic E-state index is -0.516. The molecule has 3 rings (SSSR count). The summed E-state index contributed by atoms with van der Waals surface area (Å²) in [6, 6.07) is 0. The summed E-state index contributed by atoms with van der Waals surface area (Å²) in [5.41, 5.74) is -0.266. The topological polar surface area (TPSA) is 86.9 Å². The average Bonchev–Trinajstić information content (AvgIpc) is 3.52. The summed E-state index contributed by atoms with van der Waals surface area (Å²) in [5.74, 6) is -1.27. The van der Waals surface area contributed by atoms with Gasteiger partial charge in [0.25, 0.3) is 0 Å². The van der Waals surface area contributed by atoms with E-state index in [1.54, 1.807) is 6.92 Å². The molecule has 29 heavy (non-hydrogen) atoms. The van der Waals surface area contributed by atoms with Gasteiger partial charge in [0, 0.05) is 6.61 Å². The van der Waals surface area contributed by atoms with Gasteiger partial charge < -0.3 is 23.7 Å². The van der Waals surface area contributed by atoms with Crippen LogP contribution in [-0.2, 0) is 33.3 Å². The maximum Gasteiger partial charge on any atom is 0.310 e. The Morgan fingerprint density at radius 2 is 1.79 bits per heavy atom. The van der Waals surface area contributed by atoms with E-state index in [-0.39, 0.29) is 35.9 Å². The third-order valence-corrected chi connectivity index (χ3v) is 6.76. The smallest absolute Gasteiger partial charge is 0.310 e. The Kier molecular flexibility index (Phi) is 6.91. The van der Waals surface area contributed by atoms with Gasteiger partial charge in [-0.15, -0.1) is 0 Å². The highest BCUT2D eigenvalue weighted by Gasteiger charge is 2.61. The van der Waals surface area contributed by atoms with E-state index in [0.717, 1.165) is 12.8 Å². The molecule has 0 bridgehead atoms. The lowest BCUT2D eigenvalue weighted by atomic mass is 9.74. The fourth-order valence-corrected chi connectivity index (χ4v) is 4.34. The number of rotatable bonds is 11. The first-order valence-corrected chi connectivity index (χ1v) is 10.9. The number of hydrogen-bond donors (Lipinski definition) is 0. The van der Waals surface area contributed by atoms with Crippen molar-refractivity contribution in [3.63, 3.8) is 0 Å². The van der Waals surface area contributed by atoms with Gasteiger partial charge in [-0.05, 0) is 59.3 Å². The lowest BCUT2D eigenvalue weighted by Crippen LogP contribution is -2.40. The predicted molar refractivity (Wildman–Crippen MR) is 105 cm³/mol. The highest BCUT2D eigenvalue weighted by Crippen LogP contribution is 2.52. The Labute approximate surface area is 173 Å². The highest BCUT2D eigenvalue weighted by molar-refractivity contribution is 5.82. The highest BCUT2D eigenvalue weighted by atomic mass is 16.6. The van der Waals surface area contributed by atoms with Gasteiger partial charge >= 0.3 is 11.9 Å². The number of carbonyl (C=O) groups is 2. The molecule has 7 nitrogen and oxygen atoms in total. The van der Waals surface area contributed by atoms with E-state index >= 15 is 0 Å². The Hall–Kier alpha value is -1.18. The van der Waals surface area contributed by atoms with Crippen LogP contribution in [0.5, 0.6) is 0 Å². The molecular formula is C22H36O7. The number of esters is 2. The monoisotopic (exact) mass is 412 g/mol. The molecule has 7 atom stereocenters. The van der Waals surface area contributed by atoms with Crippen molar-refractivity contribution in [2.75, 3.05) is 26.4 Å². The Bertz CT molecular complexity index is 608. The standard InChI is InChI=1S/C22H36O7/c1-6-26-19(23)16-11-18-22(5,29-18)12-17(16)20(24)27-10-9-25-13-14(2)7-8-21(4)15(3)28-21/h14-18H,6-13H2,1-5H3. The van der Waals surface area contributed by atoms with Crippen LogP contribution in [0.15, 0.2) is 0 Å². The lowest BCUT2D eigenvalue weighted by Gasteiger charge is -2.28. The second kappa shape index (κ2) is 8.90. The molecule has 0 aromatic heterocycles. The minimum Gasteiger partial charge on any atom is -0.466 e. The van der Waals surface area contributed by atoms with Crippen LogP contribution in [0.3, 0.4) is 0 Å². The van der Waals surface area contributed by atoms with E-state index < -0.39 is 11.8 Å². The minimum absolute atomic E-state index is 0.0389. The van der Waals surface area contributed by atoms with E-state index in [1.165, 1.54) is 0 Å². The molecule has 0 radical (unpaired) electrons. The summed E-state index contributed by atoms with van der Waals surface area (Å²) in [7, 11) is 0. The molecule has 2 heterocycles. The van der Waals surface area contributed by atoms with E-state index in [9.17, 15) is 9.59 Å². The second-order valence-electron chi connectivity index (χ2n) is 9.28. The normalized spacial score (nSPS) is 38.7. The van der Waals surface area contributed by atoms with Crippen molar-refractivity contribution in [1.82, 2.24) is 0 Å². The molecule has 1 saturated carbocycles. The first-order valence-electron chi connectivity index (χ1n) is 10.9. The van der Waals surface area contributed by atoms with Crippen molar-refractivity contribution >= 4 is 11.9 Å². The number of ether oxygens (including phenoxy) is 5. The zero-order chi connectivity index (χ0) is 21.2. The molecule has 166 valence electrons. The summed E-state index contributed by atoms with van der Waals surface area (Å²) >= 11 is 0. The maximum absolute atomic E-state index is 12.6. The summed E-state index contributed by atoms with van der Waals surface area (Å²) in [4.78, 5) is 24.9. The van der Waals surface area contributed by atoms with Crippen molar-refractivity contribution in [3.05, 3.63) is 0 Å². The summed E-state index contributed by atoms with van der Waals surface area (Å²) in [5, 5.41) is 0. The van der Waals surface area contributed by atoms with Crippen molar-refractivity contribution < 1.29 is 33.3 Å². The van der Waals surface area contributed by atoms with Gasteiger partial charge in [0.2, 0.25) is 0 Å². The number of carbonyl (C=O) groups excluding carboxylic acids is 2. The van der Waals surface area contributed by atoms with Crippen LogP contribution in [0.4, 0.5) is 0 Å². The van der Waals surface area contributed by atoms with Gasteiger partial charge in [0.15, 0.2) is 0 Å². The number of fused-ring (bicyclic) bond motifs is 1. The van der Waals surface area contributed by atoms with Crippen LogP contribution in [0.2, 0.25) is 0 Å². The molecule has 7 heteroatoms. The van der Waals surface area contributed by atoms with Gasteiger partial charge in [-0.1, -0.05) is 6.92 Å². The average molecular weight is 413 g/mol. The molecular weight excluding hydrogens is 376 g/mol. The van der Waals surface area contributed by atoms with Crippen molar-refractivity contribution in [2.45, 2.75) is 83.7 Å². The molecule has 2 aliphatic heterocycles. The zero-order valence-electron chi connectivity index (χ0n) is 18.4. The van der Waals surface area contributed by atoms with E-state index in [2.05, 4.69) is 20.8 Å². The zero-order valence-corrected chi connectivity index (χ0v) is 18.4. The van der Waals surface area contributed by atoms with Crippen LogP contribution in [0, 0.1) is 17.8 Å². The van der Waals surface area contributed by atoms with Crippen LogP contribution in [0.1, 0.15) is 60.3 Å². The molecule has 0 amide bonds. The van der Waals surface area contributed by atoms with Crippen LogP contribution < -0.4 is 0 Å². The van der Waals surface area contributed by atoms with Crippen molar-refractivity contribution in [1.29, 1.82) is 0 Å². The molecule has 0 aromatic rings. The Morgan fingerprint density at radius 3 is 2.45 bits per heavy atom. The summed E-state index contributed by atoms with van der Waals surface area (Å²) in [6.45, 7) is 11.6. The molecule has 3 aliphatic rings. The summed E-state index contributed by atoms with van der Waals surface area (Å²) < 4.78 is 27.5. The van der Waals surface area contributed by atoms with Crippen LogP contribution in [0.25, 0.3) is 0 Å². The van der Waals surface area contributed by atoms with E-state index in [4.69, 9.17) is 23.7 Å². The van der Waals surface area contributed by atoms with Gasteiger partial charge in [0.05, 0.1) is 48.5 Å². The van der Waals surface area contributed by atoms with Gasteiger partial charge in [-0.25, -0.2) is 0 Å². The molecule has 0 spiro atoms. The van der Waals surface area contributed by atoms with Gasteiger partial charge in [0.1, 0.15) is 6.61 Å². The third-order valence-electron chi connectivity index (χ3n) is 6.76. The molecule has 0 N–H and O–H groups in total. The molecule has 3 fully saturated rings. The largest absolute Gasteiger partial charge is 0.466 e. The maximum atomic E-state index is 12.6. The molecule has 1 aliphatic carbocycles. The van der Waals surface area contributed by atoms with Gasteiger partial charge in [-0.3, -0.25) is 9.59 Å². The second-order valence-corrected chi connectivity index (χ2v) is 9.28. The van der Waals surface area contributed by atoms with Crippen molar-refractivity contribution in [2.24, 2.45) is 17.8 Å². The third kappa shape index (κ3) is 5.50. The van der Waals surface area contributed by atoms with E-state index in [1.807, 2.05) is 6.92 Å². The fraction of sp³-hybridized carbons (Fsp3) is 0.909. The van der Waals surface area contributed by atoms with Gasteiger partial charge in [-0.2, -0.15) is 0 Å². The quantitative estimate of drug-likeness (QED) is 0.293. The van der Waals surface area contributed by atoms with E-state index in [0.29, 0.717) is 44.7 Å². The predicted octanol–water partition coefficient (Wildman–Crippen LogP) is 2.89. The molecule has 0 aromatic carbocycles. The Morgan fingerprint density at radius 1 is 1.10 bits per heavy atom. The van der Waals surface area contributed by atoms with Crippen LogP contribution >= 0.6 is 0 Å². The first kappa shape index (κ1) is 22.5. The fourth-order valence-electron chi connectivity index (χ4n) is 4.34. The lowest BCUT2D eigenvalue weighted by molar-refractivity contribution is -0.163. The Balaban J connectivity index is 1.35. The SMILES string of the molecule is CCOC(=O)C1CC2OC2(C)CC1C(=O)OCCOCC(C)CCC1(C)OC1C. The molecule has 7 unspecified atom stereocenters. The number of hydrogen-bond acceptors (Lipinski definition) is 7. The van der Waals surface area contributed by atoms with Crippen LogP contribution in [-0.4, -0.2) is 61.8 Å². The van der Waals surface area contributed by atoms with Crippen molar-refractivity contribution in [3.8, 4) is 0 Å². The number of epoxide rings is 2. The molecule has 2 saturated heterocycles. The first-order chi connectivity index (χ1) is 13.7. The summed E-state index contributed by atoms with van der Waals surface area (Å²) in [6.07, 6.45) is 3.49.